The third kappa shape index (κ3) is 22.6. The van der Waals surface area contributed by atoms with Crippen LogP contribution >= 0.6 is 0 Å². The van der Waals surface area contributed by atoms with Gasteiger partial charge in [-0.1, -0.05) is 150 Å². The Hall–Kier alpha value is -5.33. The maximum absolute atomic E-state index is 14.4. The van der Waals surface area contributed by atoms with Gasteiger partial charge in [-0.25, -0.2) is 21.8 Å². The number of sulfonamides is 2. The quantitative estimate of drug-likeness (QED) is 0.0187. The van der Waals surface area contributed by atoms with Gasteiger partial charge in [0.2, 0.25) is 26.3 Å². The highest BCUT2D eigenvalue weighted by atomic mass is 32.2. The Labute approximate surface area is 442 Å². The number of anilines is 4. The number of carbonyl (C=O) groups is 1. The third-order valence-electron chi connectivity index (χ3n) is 12.7. The summed E-state index contributed by atoms with van der Waals surface area (Å²) in [5, 5.41) is 14.7. The van der Waals surface area contributed by atoms with Crippen molar-refractivity contribution in [3.63, 3.8) is 0 Å². The van der Waals surface area contributed by atoms with Crippen molar-refractivity contribution in [2.24, 2.45) is 0 Å². The zero-order valence-corrected chi connectivity index (χ0v) is 46.9. The van der Waals surface area contributed by atoms with Gasteiger partial charge in [-0.3, -0.25) is 19.3 Å². The summed E-state index contributed by atoms with van der Waals surface area (Å²) >= 11 is 0. The van der Waals surface area contributed by atoms with Crippen molar-refractivity contribution < 1.29 is 35.8 Å². The topological polar surface area (TPSA) is 207 Å². The lowest BCUT2D eigenvalue weighted by Crippen LogP contribution is -2.33. The number of nitrogens with zero attached hydrogens (tertiary/aromatic N) is 3. The van der Waals surface area contributed by atoms with Crippen molar-refractivity contribution in [1.29, 1.82) is 0 Å². The first-order chi connectivity index (χ1) is 35.4. The molecule has 0 saturated carbocycles. The van der Waals surface area contributed by atoms with E-state index in [1.807, 2.05) is 24.3 Å². The Bertz CT molecular complexity index is 2620. The summed E-state index contributed by atoms with van der Waals surface area (Å²) in [6.45, 7) is 10.9. The molecule has 2 heterocycles. The van der Waals surface area contributed by atoms with Crippen LogP contribution in [-0.4, -0.2) is 74.2 Å². The van der Waals surface area contributed by atoms with Crippen LogP contribution in [-0.2, 0) is 35.0 Å². The molecule has 16 nitrogen and oxygen atoms in total. The molecule has 2 atom stereocenters. The minimum atomic E-state index is -3.47. The summed E-state index contributed by atoms with van der Waals surface area (Å²) in [5.41, 5.74) is 4.13. The van der Waals surface area contributed by atoms with Crippen molar-refractivity contribution in [1.82, 2.24) is 19.8 Å². The lowest BCUT2D eigenvalue weighted by atomic mass is 9.93. The maximum atomic E-state index is 14.4. The molecule has 2 unspecified atom stereocenters. The molecule has 0 fully saturated rings. The van der Waals surface area contributed by atoms with E-state index in [2.05, 4.69) is 59.8 Å². The van der Waals surface area contributed by atoms with E-state index in [-0.39, 0.29) is 18.1 Å². The van der Waals surface area contributed by atoms with E-state index < -0.39 is 32.4 Å². The summed E-state index contributed by atoms with van der Waals surface area (Å²) in [6.07, 6.45) is 25.4. The van der Waals surface area contributed by atoms with Crippen LogP contribution in [0, 0.1) is 0 Å². The first-order valence-corrected chi connectivity index (χ1v) is 30.9. The largest absolute Gasteiger partial charge is 0.481 e. The number of aromatic amines is 1. The lowest BCUT2D eigenvalue weighted by molar-refractivity contribution is -0.123. The molecule has 74 heavy (non-hydrogen) atoms. The zero-order valence-electron chi connectivity index (χ0n) is 45.3. The van der Waals surface area contributed by atoms with E-state index in [1.165, 1.54) is 83.5 Å². The molecular formula is C56H86N8O8S2. The van der Waals surface area contributed by atoms with E-state index in [1.54, 1.807) is 53.2 Å². The predicted molar refractivity (Wildman–Crippen MR) is 301 cm³/mol. The number of carbonyl (C=O) groups excluding carboxylic acids is 1. The highest BCUT2D eigenvalue weighted by Crippen LogP contribution is 2.30. The van der Waals surface area contributed by atoms with Gasteiger partial charge >= 0.3 is 0 Å². The first kappa shape index (κ1) is 59.5. The van der Waals surface area contributed by atoms with Gasteiger partial charge in [0.15, 0.2) is 17.6 Å². The van der Waals surface area contributed by atoms with Crippen molar-refractivity contribution in [3.8, 4) is 22.9 Å². The number of H-pyrrole nitrogens is 1. The summed E-state index contributed by atoms with van der Waals surface area (Å²) < 4.78 is 73.2. The maximum Gasteiger partial charge on any atom is 0.265 e. The van der Waals surface area contributed by atoms with Crippen molar-refractivity contribution in [3.05, 3.63) is 78.5 Å². The van der Waals surface area contributed by atoms with Crippen LogP contribution in [0.4, 0.5) is 22.7 Å². The number of amides is 1. The van der Waals surface area contributed by atoms with Crippen molar-refractivity contribution in [2.75, 3.05) is 39.3 Å². The van der Waals surface area contributed by atoms with Crippen LogP contribution < -0.4 is 29.6 Å². The Balaban J connectivity index is 1.33. The van der Waals surface area contributed by atoms with Crippen molar-refractivity contribution >= 4 is 54.4 Å². The van der Waals surface area contributed by atoms with Crippen LogP contribution in [0.25, 0.3) is 17.0 Å². The third-order valence-corrected chi connectivity index (χ3v) is 13.9. The van der Waals surface area contributed by atoms with Crippen LogP contribution in [0.2, 0.25) is 0 Å². The predicted octanol–water partition coefficient (Wildman–Crippen LogP) is 13.6. The molecule has 3 aromatic carbocycles. The van der Waals surface area contributed by atoms with Gasteiger partial charge in [-0.15, -0.1) is 5.10 Å². The highest BCUT2D eigenvalue weighted by Gasteiger charge is 2.23. The van der Waals surface area contributed by atoms with Gasteiger partial charge in [0, 0.05) is 51.9 Å². The van der Waals surface area contributed by atoms with E-state index in [0.717, 1.165) is 63.2 Å². The highest BCUT2D eigenvalue weighted by molar-refractivity contribution is 7.92. The number of nitrogens with one attached hydrogen (secondary N) is 5. The van der Waals surface area contributed by atoms with E-state index in [9.17, 15) is 21.6 Å². The second-order valence-corrected chi connectivity index (χ2v) is 24.3. The van der Waals surface area contributed by atoms with Crippen molar-refractivity contribution in [2.45, 2.75) is 194 Å². The molecular weight excluding hydrogens is 977 g/mol. The number of hydrogen-bond acceptors (Lipinski definition) is 11. The molecule has 0 aliphatic rings. The molecule has 2 aromatic heterocycles. The van der Waals surface area contributed by atoms with E-state index >= 15 is 0 Å². The van der Waals surface area contributed by atoms with Crippen LogP contribution in [0.3, 0.4) is 0 Å². The average molecular weight is 1060 g/mol. The zero-order chi connectivity index (χ0) is 53.4. The van der Waals surface area contributed by atoms with Gasteiger partial charge in [0.05, 0.1) is 12.5 Å². The molecule has 0 radical (unpaired) electrons. The summed E-state index contributed by atoms with van der Waals surface area (Å²) in [5.74, 6) is 1.10. The molecule has 0 aliphatic heterocycles. The SMILES string of the molecule is CCCCCCCCCCCCC(OCNc1cc(NC(=O)C(CCCCCCCCCCCC)Oc2ccc(NS(C)(=O)=O)cc2)cc(-c2nc3cc(C(C)(C)C)[nH]n3n2)c1)Oc1ccc(NS(C)(=O)=O)cc1. The van der Waals surface area contributed by atoms with Gasteiger partial charge in [-0.2, -0.15) is 4.63 Å². The molecule has 0 saturated heterocycles. The average Bonchev–Trinajstić information content (AvgIpc) is 3.94. The van der Waals surface area contributed by atoms with Gasteiger partial charge < -0.3 is 24.8 Å². The first-order valence-electron chi connectivity index (χ1n) is 27.1. The fraction of sp³-hybridized carbons (Fsp3) is 0.589. The summed E-state index contributed by atoms with van der Waals surface area (Å²) in [6, 6.07) is 20.9. The number of rotatable bonds is 37. The molecule has 410 valence electrons. The van der Waals surface area contributed by atoms with E-state index in [0.29, 0.717) is 64.1 Å². The minimum absolute atomic E-state index is 0.0635. The Kier molecular flexibility index (Phi) is 24.4. The smallest absolute Gasteiger partial charge is 0.265 e. The standard InChI is InChI=1S/C56H86N8O8S2/c1-8-10-12-14-16-18-20-22-24-26-28-50(71-48-34-30-44(31-35-48)62-73(6,66)67)55(65)58-47-39-43(54-59-52-41-51(56(3,4)5)60-64(52)61-54)38-46(40-47)57-42-70-53(29-27-25-23-21-19-17-15-13-11-9-2)72-49-36-32-45(33-37-49)63-74(7,68)69/h30-41,50,53,57,60,62-63H,8-29,42H2,1-7H3,(H,58,65). The molecule has 1 amide bonds. The molecule has 5 rings (SSSR count). The number of hydrogen-bond donors (Lipinski definition) is 5. The Morgan fingerprint density at radius 2 is 1.08 bits per heavy atom. The van der Waals surface area contributed by atoms with Gasteiger partial charge in [0.25, 0.3) is 5.91 Å². The molecule has 5 aromatic rings. The van der Waals surface area contributed by atoms with E-state index in [4.69, 9.17) is 24.3 Å². The monoisotopic (exact) mass is 1060 g/mol. The molecule has 0 spiro atoms. The number of fused-ring (bicyclic) bond motifs is 1. The number of ether oxygens (including phenoxy) is 3. The Morgan fingerprint density at radius 3 is 1.57 bits per heavy atom. The van der Waals surface area contributed by atoms with Crippen LogP contribution in [0.15, 0.2) is 72.8 Å². The number of unbranched alkanes of at least 4 members (excludes halogenated alkanes) is 18. The van der Waals surface area contributed by atoms with Crippen LogP contribution in [0.1, 0.15) is 182 Å². The summed E-state index contributed by atoms with van der Waals surface area (Å²) in [7, 11) is -6.91. The second kappa shape index (κ2) is 30.3. The van der Waals surface area contributed by atoms with Crippen LogP contribution in [0.5, 0.6) is 11.5 Å². The Morgan fingerprint density at radius 1 is 0.608 bits per heavy atom. The fourth-order valence-corrected chi connectivity index (χ4v) is 9.76. The second-order valence-electron chi connectivity index (χ2n) is 20.8. The summed E-state index contributed by atoms with van der Waals surface area (Å²) in [4.78, 5) is 19.3. The molecule has 5 N–H and O–H groups in total. The molecule has 0 bridgehead atoms. The van der Waals surface area contributed by atoms with Gasteiger partial charge in [-0.05, 0) is 86.0 Å². The minimum Gasteiger partial charge on any atom is -0.481 e. The van der Waals surface area contributed by atoms with Gasteiger partial charge in [0.1, 0.15) is 18.2 Å². The molecule has 0 aliphatic carbocycles. The number of benzene rings is 3. The lowest BCUT2D eigenvalue weighted by Gasteiger charge is -2.21. The molecule has 18 heteroatoms. The fourth-order valence-electron chi connectivity index (χ4n) is 8.64. The normalized spacial score (nSPS) is 12.9. The number of aromatic nitrogens is 4.